The standard InChI is InChI=1S/C16H24BrNO2S/c1-15(2,3)13-12-10(9-11(17)21-12)7-8-18(13)14(19)20-16(4,5)6/h9,13H,7-8H2,1-6H3. The summed E-state index contributed by atoms with van der Waals surface area (Å²) < 4.78 is 6.74. The van der Waals surface area contributed by atoms with Crippen LogP contribution >= 0.6 is 27.3 Å². The average molecular weight is 374 g/mol. The van der Waals surface area contributed by atoms with E-state index >= 15 is 0 Å². The third kappa shape index (κ3) is 3.81. The van der Waals surface area contributed by atoms with Crippen LogP contribution in [-0.2, 0) is 11.2 Å². The molecule has 0 fully saturated rings. The molecule has 0 saturated heterocycles. The molecular formula is C16H24BrNO2S. The molecule has 0 aromatic carbocycles. The van der Waals surface area contributed by atoms with E-state index in [-0.39, 0.29) is 17.6 Å². The van der Waals surface area contributed by atoms with Crippen molar-refractivity contribution in [2.75, 3.05) is 6.54 Å². The van der Waals surface area contributed by atoms with E-state index in [2.05, 4.69) is 42.8 Å². The van der Waals surface area contributed by atoms with Crippen LogP contribution in [0.15, 0.2) is 9.85 Å². The summed E-state index contributed by atoms with van der Waals surface area (Å²) in [6, 6.07) is 2.25. The lowest BCUT2D eigenvalue weighted by atomic mass is 9.81. The van der Waals surface area contributed by atoms with Crippen LogP contribution in [0.1, 0.15) is 58.0 Å². The predicted octanol–water partition coefficient (Wildman–Crippen LogP) is 5.39. The van der Waals surface area contributed by atoms with E-state index in [1.807, 2.05) is 25.7 Å². The molecule has 1 aliphatic rings. The van der Waals surface area contributed by atoms with E-state index in [0.29, 0.717) is 6.54 Å². The first kappa shape index (κ1) is 16.8. The van der Waals surface area contributed by atoms with Crippen molar-refractivity contribution in [3.8, 4) is 0 Å². The van der Waals surface area contributed by atoms with E-state index < -0.39 is 5.60 Å². The average Bonchev–Trinajstić information content (AvgIpc) is 2.63. The van der Waals surface area contributed by atoms with Gasteiger partial charge in [0.2, 0.25) is 0 Å². The fraction of sp³-hybridized carbons (Fsp3) is 0.688. The second kappa shape index (κ2) is 5.58. The maximum atomic E-state index is 12.6. The Morgan fingerprint density at radius 1 is 1.33 bits per heavy atom. The van der Waals surface area contributed by atoms with Gasteiger partial charge in [-0.3, -0.25) is 4.90 Å². The van der Waals surface area contributed by atoms with Crippen LogP contribution in [0.4, 0.5) is 4.79 Å². The maximum absolute atomic E-state index is 12.6. The number of nitrogens with zero attached hydrogens (tertiary/aromatic N) is 1. The van der Waals surface area contributed by atoms with Crippen molar-refractivity contribution in [3.63, 3.8) is 0 Å². The van der Waals surface area contributed by atoms with Crippen LogP contribution < -0.4 is 0 Å². The number of ether oxygens (including phenoxy) is 1. The van der Waals surface area contributed by atoms with Crippen LogP contribution in [0.3, 0.4) is 0 Å². The molecule has 1 aromatic rings. The van der Waals surface area contributed by atoms with Gasteiger partial charge in [-0.1, -0.05) is 20.8 Å². The summed E-state index contributed by atoms with van der Waals surface area (Å²) in [7, 11) is 0. The van der Waals surface area contributed by atoms with E-state index in [1.165, 1.54) is 10.4 Å². The van der Waals surface area contributed by atoms with Crippen LogP contribution in [0, 0.1) is 5.41 Å². The molecule has 0 bridgehead atoms. The van der Waals surface area contributed by atoms with Crippen molar-refractivity contribution in [2.45, 2.75) is 59.6 Å². The summed E-state index contributed by atoms with van der Waals surface area (Å²) in [5.41, 5.74) is 0.859. The fourth-order valence-electron chi connectivity index (χ4n) is 2.72. The van der Waals surface area contributed by atoms with Crippen molar-refractivity contribution in [1.82, 2.24) is 4.90 Å². The maximum Gasteiger partial charge on any atom is 0.410 e. The van der Waals surface area contributed by atoms with Crippen molar-refractivity contribution >= 4 is 33.4 Å². The normalized spacial score (nSPS) is 19.4. The number of thiophene rings is 1. The molecule has 3 nitrogen and oxygen atoms in total. The fourth-order valence-corrected chi connectivity index (χ4v) is 4.82. The smallest absolute Gasteiger partial charge is 0.410 e. The molecule has 0 saturated carbocycles. The molecule has 0 N–H and O–H groups in total. The lowest BCUT2D eigenvalue weighted by Crippen LogP contribution is -2.46. The quantitative estimate of drug-likeness (QED) is 0.609. The van der Waals surface area contributed by atoms with Gasteiger partial charge < -0.3 is 4.74 Å². The number of rotatable bonds is 0. The molecule has 2 heterocycles. The van der Waals surface area contributed by atoms with Crippen LogP contribution in [-0.4, -0.2) is 23.1 Å². The largest absolute Gasteiger partial charge is 0.444 e. The van der Waals surface area contributed by atoms with Crippen molar-refractivity contribution < 1.29 is 9.53 Å². The van der Waals surface area contributed by atoms with Gasteiger partial charge >= 0.3 is 6.09 Å². The molecule has 5 heteroatoms. The first-order chi connectivity index (χ1) is 9.49. The number of halogens is 1. The summed E-state index contributed by atoms with van der Waals surface area (Å²) in [6.07, 6.45) is 0.682. The Morgan fingerprint density at radius 3 is 2.48 bits per heavy atom. The van der Waals surface area contributed by atoms with Gasteiger partial charge in [0, 0.05) is 11.4 Å². The third-order valence-electron chi connectivity index (χ3n) is 3.44. The molecule has 1 aromatic heterocycles. The number of carbonyl (C=O) groups excluding carboxylic acids is 1. The molecule has 1 unspecified atom stereocenters. The van der Waals surface area contributed by atoms with Crippen molar-refractivity contribution in [3.05, 3.63) is 20.3 Å². The molecule has 1 amide bonds. The highest BCUT2D eigenvalue weighted by atomic mass is 79.9. The minimum atomic E-state index is -0.462. The lowest BCUT2D eigenvalue weighted by molar-refractivity contribution is -0.000141. The van der Waals surface area contributed by atoms with E-state index in [0.717, 1.165) is 10.2 Å². The summed E-state index contributed by atoms with van der Waals surface area (Å²) in [5, 5.41) is 0. The van der Waals surface area contributed by atoms with Gasteiger partial charge in [-0.2, -0.15) is 0 Å². The topological polar surface area (TPSA) is 29.5 Å². The summed E-state index contributed by atoms with van der Waals surface area (Å²) >= 11 is 5.31. The molecule has 0 aliphatic carbocycles. The Morgan fingerprint density at radius 2 is 1.95 bits per heavy atom. The molecule has 118 valence electrons. The van der Waals surface area contributed by atoms with Crippen molar-refractivity contribution in [2.24, 2.45) is 5.41 Å². The van der Waals surface area contributed by atoms with Crippen LogP contribution in [0.5, 0.6) is 0 Å². The number of hydrogen-bond donors (Lipinski definition) is 0. The molecule has 2 rings (SSSR count). The Bertz CT molecular complexity index is 539. The highest BCUT2D eigenvalue weighted by molar-refractivity contribution is 9.11. The van der Waals surface area contributed by atoms with Crippen molar-refractivity contribution in [1.29, 1.82) is 0 Å². The number of hydrogen-bond acceptors (Lipinski definition) is 3. The highest BCUT2D eigenvalue weighted by Crippen LogP contribution is 2.47. The second-order valence-electron chi connectivity index (χ2n) is 7.63. The molecular weight excluding hydrogens is 350 g/mol. The van der Waals surface area contributed by atoms with Gasteiger partial charge in [0.1, 0.15) is 5.60 Å². The minimum Gasteiger partial charge on any atom is -0.444 e. The van der Waals surface area contributed by atoms with Gasteiger partial charge in [0.25, 0.3) is 0 Å². The first-order valence-corrected chi connectivity index (χ1v) is 8.88. The first-order valence-electron chi connectivity index (χ1n) is 7.27. The van der Waals surface area contributed by atoms with E-state index in [9.17, 15) is 4.79 Å². The molecule has 21 heavy (non-hydrogen) atoms. The van der Waals surface area contributed by atoms with Gasteiger partial charge in [0.15, 0.2) is 0 Å². The predicted molar refractivity (Wildman–Crippen MR) is 90.9 cm³/mol. The van der Waals surface area contributed by atoms with Gasteiger partial charge in [-0.05, 0) is 60.2 Å². The zero-order chi connectivity index (χ0) is 16.0. The van der Waals surface area contributed by atoms with Gasteiger partial charge in [-0.15, -0.1) is 11.3 Å². The molecule has 0 spiro atoms. The summed E-state index contributed by atoms with van der Waals surface area (Å²) in [4.78, 5) is 15.8. The zero-order valence-corrected chi connectivity index (χ0v) is 16.0. The minimum absolute atomic E-state index is 0.0314. The number of carbonyl (C=O) groups is 1. The molecule has 0 radical (unpaired) electrons. The zero-order valence-electron chi connectivity index (χ0n) is 13.6. The Hall–Kier alpha value is -0.550. The number of amides is 1. The Labute approximate surface area is 139 Å². The molecule has 1 aliphatic heterocycles. The SMILES string of the molecule is CC(C)(C)OC(=O)N1CCc2cc(Br)sc2C1C(C)(C)C. The number of fused-ring (bicyclic) bond motifs is 1. The Kier molecular flexibility index (Phi) is 4.47. The molecule has 1 atom stereocenters. The highest BCUT2D eigenvalue weighted by Gasteiger charge is 2.41. The second-order valence-corrected chi connectivity index (χ2v) is 10.1. The lowest BCUT2D eigenvalue weighted by Gasteiger charge is -2.43. The van der Waals surface area contributed by atoms with Crippen LogP contribution in [0.2, 0.25) is 0 Å². The van der Waals surface area contributed by atoms with Gasteiger partial charge in [-0.25, -0.2) is 4.79 Å². The Balaban J connectivity index is 2.36. The van der Waals surface area contributed by atoms with E-state index in [4.69, 9.17) is 4.74 Å². The summed E-state index contributed by atoms with van der Waals surface area (Å²) in [6.45, 7) is 13.0. The monoisotopic (exact) mass is 373 g/mol. The van der Waals surface area contributed by atoms with Crippen LogP contribution in [0.25, 0.3) is 0 Å². The van der Waals surface area contributed by atoms with Gasteiger partial charge in [0.05, 0.1) is 9.83 Å². The summed E-state index contributed by atoms with van der Waals surface area (Å²) in [5.74, 6) is 0. The third-order valence-corrected chi connectivity index (χ3v) is 5.17. The van der Waals surface area contributed by atoms with E-state index in [1.54, 1.807) is 11.3 Å².